The minimum atomic E-state index is -0.582. The Morgan fingerprint density at radius 2 is 1.97 bits per heavy atom. The van der Waals surface area contributed by atoms with Crippen LogP contribution in [0.4, 0.5) is 0 Å². The Balaban J connectivity index is 1.76. The molecule has 0 atom stereocenters. The first-order valence-electron chi connectivity index (χ1n) is 9.58. The van der Waals surface area contributed by atoms with Crippen LogP contribution in [0.15, 0.2) is 75.2 Å². The summed E-state index contributed by atoms with van der Waals surface area (Å²) in [5.74, 6) is -0.709. The number of nitrogens with zero attached hydrogens (tertiary/aromatic N) is 1. The van der Waals surface area contributed by atoms with Gasteiger partial charge in [-0.2, -0.15) is 5.10 Å². The number of amides is 2. The minimum absolute atomic E-state index is 0.0159. The molecule has 0 saturated heterocycles. The van der Waals surface area contributed by atoms with Gasteiger partial charge in [0.15, 0.2) is 11.5 Å². The number of nitrogens with one attached hydrogen (secondary N) is 2. The smallest absolute Gasteiger partial charge is 0.287 e. The Bertz CT molecular complexity index is 1150. The van der Waals surface area contributed by atoms with Gasteiger partial charge in [-0.15, -0.1) is 11.3 Å². The maximum absolute atomic E-state index is 12.7. The van der Waals surface area contributed by atoms with Crippen LogP contribution in [-0.4, -0.2) is 29.7 Å². The van der Waals surface area contributed by atoms with Gasteiger partial charge in [0, 0.05) is 10.4 Å². The van der Waals surface area contributed by atoms with Crippen LogP contribution >= 0.6 is 27.3 Å². The number of hydrogen-bond donors (Lipinski definition) is 3. The van der Waals surface area contributed by atoms with Gasteiger partial charge in [-0.05, 0) is 70.2 Å². The van der Waals surface area contributed by atoms with Crippen LogP contribution in [0.2, 0.25) is 0 Å². The monoisotopic (exact) mass is 513 g/mol. The quantitative estimate of drug-likeness (QED) is 0.234. The number of carbonyl (C=O) groups is 2. The van der Waals surface area contributed by atoms with Crippen molar-refractivity contribution in [2.45, 2.75) is 6.92 Å². The molecule has 0 unspecified atom stereocenters. The fraction of sp³-hybridized carbons (Fsp3) is 0.0870. The van der Waals surface area contributed by atoms with E-state index < -0.39 is 11.8 Å². The zero-order valence-corrected chi connectivity index (χ0v) is 19.4. The molecule has 9 heteroatoms. The number of aromatic hydroxyl groups is 1. The number of phenolic OH excluding ortho intramolecular Hbond substituents is 1. The molecule has 0 bridgehead atoms. The first-order chi connectivity index (χ1) is 15.5. The molecular weight excluding hydrogens is 494 g/mol. The Kier molecular flexibility index (Phi) is 8.18. The van der Waals surface area contributed by atoms with Gasteiger partial charge in [-0.1, -0.05) is 24.3 Å². The molecule has 2 amide bonds. The summed E-state index contributed by atoms with van der Waals surface area (Å²) < 4.78 is 5.82. The molecule has 3 aromatic rings. The van der Waals surface area contributed by atoms with E-state index in [0.29, 0.717) is 28.0 Å². The van der Waals surface area contributed by atoms with Crippen LogP contribution in [0, 0.1) is 0 Å². The summed E-state index contributed by atoms with van der Waals surface area (Å²) in [6.45, 7) is 2.19. The van der Waals surface area contributed by atoms with Gasteiger partial charge in [0.05, 0.1) is 17.3 Å². The molecule has 164 valence electrons. The maximum atomic E-state index is 12.7. The van der Waals surface area contributed by atoms with Crippen LogP contribution in [-0.2, 0) is 4.79 Å². The summed E-state index contributed by atoms with van der Waals surface area (Å²) in [6, 6.07) is 15.5. The Morgan fingerprint density at radius 1 is 1.19 bits per heavy atom. The fourth-order valence-electron chi connectivity index (χ4n) is 2.62. The highest BCUT2D eigenvalue weighted by Gasteiger charge is 2.15. The van der Waals surface area contributed by atoms with E-state index in [1.54, 1.807) is 55.5 Å². The lowest BCUT2D eigenvalue weighted by atomic mass is 10.2. The largest absolute Gasteiger partial charge is 0.503 e. The minimum Gasteiger partial charge on any atom is -0.503 e. The van der Waals surface area contributed by atoms with Crippen LogP contribution in [0.1, 0.15) is 27.7 Å². The number of halogens is 1. The molecule has 1 heterocycles. The Labute approximate surface area is 197 Å². The highest BCUT2D eigenvalue weighted by atomic mass is 79.9. The summed E-state index contributed by atoms with van der Waals surface area (Å²) >= 11 is 4.69. The van der Waals surface area contributed by atoms with Crippen molar-refractivity contribution < 1.29 is 19.4 Å². The molecule has 1 aromatic heterocycles. The standard InChI is InChI=1S/C23H20BrN3O4S/c1-2-31-20-12-15(11-18(24)21(20)28)14-25-27-23(30)19(13-17-9-6-10-32-17)26-22(29)16-7-4-3-5-8-16/h3-14,28H,2H2,1H3,(H,26,29)(H,27,30). The summed E-state index contributed by atoms with van der Waals surface area (Å²) in [7, 11) is 0. The van der Waals surface area contributed by atoms with Gasteiger partial charge in [0.1, 0.15) is 5.70 Å². The van der Waals surface area contributed by atoms with E-state index in [4.69, 9.17) is 4.74 Å². The molecule has 0 aliphatic carbocycles. The van der Waals surface area contributed by atoms with Gasteiger partial charge in [0.2, 0.25) is 0 Å². The number of rotatable bonds is 8. The molecule has 0 fully saturated rings. The van der Waals surface area contributed by atoms with Crippen LogP contribution in [0.3, 0.4) is 0 Å². The van der Waals surface area contributed by atoms with E-state index in [1.807, 2.05) is 17.5 Å². The van der Waals surface area contributed by atoms with Crippen molar-refractivity contribution in [2.75, 3.05) is 6.61 Å². The van der Waals surface area contributed by atoms with Gasteiger partial charge in [0.25, 0.3) is 11.8 Å². The summed E-state index contributed by atoms with van der Waals surface area (Å²) in [6.07, 6.45) is 2.99. The van der Waals surface area contributed by atoms with E-state index in [9.17, 15) is 14.7 Å². The van der Waals surface area contributed by atoms with Gasteiger partial charge in [-0.25, -0.2) is 5.43 Å². The molecule has 0 aliphatic heterocycles. The highest BCUT2D eigenvalue weighted by Crippen LogP contribution is 2.35. The number of benzene rings is 2. The first kappa shape index (κ1) is 23.2. The average molecular weight is 514 g/mol. The van der Waals surface area contributed by atoms with Crippen molar-refractivity contribution >= 4 is 51.4 Å². The number of phenols is 1. The van der Waals surface area contributed by atoms with Crippen molar-refractivity contribution in [1.82, 2.24) is 10.7 Å². The van der Waals surface area contributed by atoms with Crippen LogP contribution in [0.5, 0.6) is 11.5 Å². The molecule has 7 nitrogen and oxygen atoms in total. The topological polar surface area (TPSA) is 100 Å². The molecule has 2 aromatic carbocycles. The van der Waals surface area contributed by atoms with E-state index in [2.05, 4.69) is 31.8 Å². The second kappa shape index (κ2) is 11.3. The summed E-state index contributed by atoms with van der Waals surface area (Å²) in [5, 5.41) is 18.5. The summed E-state index contributed by atoms with van der Waals surface area (Å²) in [5.41, 5.74) is 3.50. The third-order valence-electron chi connectivity index (χ3n) is 4.09. The lowest BCUT2D eigenvalue weighted by Crippen LogP contribution is -2.32. The first-order valence-corrected chi connectivity index (χ1v) is 11.3. The highest BCUT2D eigenvalue weighted by molar-refractivity contribution is 9.10. The lowest BCUT2D eigenvalue weighted by Gasteiger charge is -2.09. The SMILES string of the molecule is CCOc1cc(C=NNC(=O)C(=Cc2cccs2)NC(=O)c2ccccc2)cc(Br)c1O. The molecule has 32 heavy (non-hydrogen) atoms. The van der Waals surface area contributed by atoms with Gasteiger partial charge in [-0.3, -0.25) is 9.59 Å². The van der Waals surface area contributed by atoms with Gasteiger partial charge >= 0.3 is 0 Å². The predicted octanol–water partition coefficient (Wildman–Crippen LogP) is 4.54. The normalized spacial score (nSPS) is 11.4. The van der Waals surface area contributed by atoms with E-state index >= 15 is 0 Å². The lowest BCUT2D eigenvalue weighted by molar-refractivity contribution is -0.117. The fourth-order valence-corrected chi connectivity index (χ4v) is 3.73. The second-order valence-electron chi connectivity index (χ2n) is 6.38. The molecule has 0 saturated carbocycles. The van der Waals surface area contributed by atoms with E-state index in [1.165, 1.54) is 17.6 Å². The average Bonchev–Trinajstić information content (AvgIpc) is 3.30. The molecule has 3 N–H and O–H groups in total. The zero-order valence-electron chi connectivity index (χ0n) is 17.0. The number of carbonyl (C=O) groups excluding carboxylic acids is 2. The van der Waals surface area contributed by atoms with Crippen molar-refractivity contribution in [3.63, 3.8) is 0 Å². The molecule has 0 spiro atoms. The van der Waals surface area contributed by atoms with E-state index in [0.717, 1.165) is 4.88 Å². The van der Waals surface area contributed by atoms with Crippen LogP contribution < -0.4 is 15.5 Å². The third-order valence-corrected chi connectivity index (χ3v) is 5.51. The number of hydrogen-bond acceptors (Lipinski definition) is 6. The predicted molar refractivity (Wildman–Crippen MR) is 129 cm³/mol. The number of ether oxygens (including phenoxy) is 1. The number of thiophene rings is 1. The molecule has 0 radical (unpaired) electrons. The maximum Gasteiger partial charge on any atom is 0.287 e. The van der Waals surface area contributed by atoms with Crippen molar-refractivity contribution in [3.8, 4) is 11.5 Å². The number of hydrazone groups is 1. The molecular formula is C23H20BrN3O4S. The Hall–Kier alpha value is -3.43. The molecule has 3 rings (SSSR count). The summed E-state index contributed by atoms with van der Waals surface area (Å²) in [4.78, 5) is 26.1. The van der Waals surface area contributed by atoms with Crippen molar-refractivity contribution in [1.29, 1.82) is 0 Å². The van der Waals surface area contributed by atoms with Crippen LogP contribution in [0.25, 0.3) is 6.08 Å². The van der Waals surface area contributed by atoms with E-state index in [-0.39, 0.29) is 11.4 Å². The molecule has 0 aliphatic rings. The van der Waals surface area contributed by atoms with Crippen molar-refractivity contribution in [2.24, 2.45) is 5.10 Å². The van der Waals surface area contributed by atoms with Gasteiger partial charge < -0.3 is 15.2 Å². The van der Waals surface area contributed by atoms with Crippen molar-refractivity contribution in [3.05, 3.63) is 86.2 Å². The Morgan fingerprint density at radius 3 is 2.66 bits per heavy atom. The second-order valence-corrected chi connectivity index (χ2v) is 8.21. The zero-order chi connectivity index (χ0) is 22.9. The third kappa shape index (κ3) is 6.29.